The summed E-state index contributed by atoms with van der Waals surface area (Å²) >= 11 is 0. The summed E-state index contributed by atoms with van der Waals surface area (Å²) in [6.07, 6.45) is 0. The maximum absolute atomic E-state index is 6.35. The second-order valence-corrected chi connectivity index (χ2v) is 13.1. The van der Waals surface area contributed by atoms with Gasteiger partial charge in [0.2, 0.25) is 0 Å². The number of fused-ring (bicyclic) bond motifs is 7. The average molecular weight is 665 g/mol. The van der Waals surface area contributed by atoms with Crippen molar-refractivity contribution in [3.8, 4) is 33.5 Å². The van der Waals surface area contributed by atoms with Crippen molar-refractivity contribution in [2.45, 2.75) is 0 Å². The molecule has 0 radical (unpaired) electrons. The number of para-hydroxylation sites is 2. The Balaban J connectivity index is 1.15. The molecular weight excluding hydrogens is 633 g/mol. The van der Waals surface area contributed by atoms with Gasteiger partial charge in [-0.3, -0.25) is 0 Å². The van der Waals surface area contributed by atoms with Gasteiger partial charge in [0, 0.05) is 49.6 Å². The van der Waals surface area contributed by atoms with Crippen LogP contribution in [0.15, 0.2) is 199 Å². The van der Waals surface area contributed by atoms with Crippen LogP contribution in [-0.4, -0.2) is 4.98 Å². The van der Waals surface area contributed by atoms with Crippen molar-refractivity contribution >= 4 is 60.7 Å². The minimum absolute atomic E-state index is 0.883. The second-order valence-electron chi connectivity index (χ2n) is 13.1. The maximum atomic E-state index is 6.35. The molecule has 0 N–H and O–H groups in total. The van der Waals surface area contributed by atoms with Gasteiger partial charge in [-0.05, 0) is 82.9 Å². The van der Waals surface area contributed by atoms with Crippen LogP contribution in [0.2, 0.25) is 0 Å². The van der Waals surface area contributed by atoms with E-state index in [0.29, 0.717) is 0 Å². The summed E-state index contributed by atoms with van der Waals surface area (Å²) in [5.74, 6) is 0. The SMILES string of the molecule is c1ccc(-c2ccc(N(c3ccc(-c4ccccc4)cc3)c3cccc(-c4nc5ccccc5c5c4ccc4oc6ccccc6c45)c3)cc2)cc1. The summed E-state index contributed by atoms with van der Waals surface area (Å²) in [6.45, 7) is 0. The van der Waals surface area contributed by atoms with Crippen molar-refractivity contribution in [3.63, 3.8) is 0 Å². The highest BCUT2D eigenvalue weighted by atomic mass is 16.3. The number of benzene rings is 8. The predicted molar refractivity (Wildman–Crippen MR) is 218 cm³/mol. The van der Waals surface area contributed by atoms with Gasteiger partial charge in [0.1, 0.15) is 11.2 Å². The quantitative estimate of drug-likeness (QED) is 0.166. The average Bonchev–Trinajstić information content (AvgIpc) is 3.61. The third-order valence-corrected chi connectivity index (χ3v) is 10.0. The Morgan fingerprint density at radius 1 is 0.346 bits per heavy atom. The molecule has 10 aromatic rings. The maximum Gasteiger partial charge on any atom is 0.136 e. The molecule has 3 nitrogen and oxygen atoms in total. The smallest absolute Gasteiger partial charge is 0.136 e. The minimum atomic E-state index is 0.883. The summed E-state index contributed by atoms with van der Waals surface area (Å²) in [5.41, 5.74) is 12.7. The van der Waals surface area contributed by atoms with E-state index in [2.05, 4.69) is 187 Å². The third kappa shape index (κ3) is 5.10. The zero-order valence-electron chi connectivity index (χ0n) is 28.3. The van der Waals surface area contributed by atoms with E-state index in [1.165, 1.54) is 27.6 Å². The van der Waals surface area contributed by atoms with Crippen molar-refractivity contribution in [2.75, 3.05) is 4.90 Å². The normalized spacial score (nSPS) is 11.5. The van der Waals surface area contributed by atoms with E-state index in [9.17, 15) is 0 Å². The molecule has 2 aromatic heterocycles. The first-order valence-electron chi connectivity index (χ1n) is 17.6. The standard InChI is InChI=1S/C49H32N2O/c1-3-12-33(13-4-1)35-22-26-38(27-23-35)51(39-28-24-36(25-29-39)34-14-5-2-6-15-34)40-17-11-16-37(32-40)49-43-30-31-46-48(42-19-8-10-21-45(42)52-46)47(43)41-18-7-9-20-44(41)50-49/h1-32H. The van der Waals surface area contributed by atoms with Crippen LogP contribution in [0.3, 0.4) is 0 Å². The molecule has 8 aromatic carbocycles. The van der Waals surface area contributed by atoms with Gasteiger partial charge < -0.3 is 9.32 Å². The molecule has 3 heteroatoms. The Morgan fingerprint density at radius 2 is 0.904 bits per heavy atom. The lowest BCUT2D eigenvalue weighted by Crippen LogP contribution is -2.10. The Kier molecular flexibility index (Phi) is 7.14. The number of pyridine rings is 1. The summed E-state index contributed by atoms with van der Waals surface area (Å²) in [7, 11) is 0. The molecule has 0 atom stereocenters. The number of hydrogen-bond donors (Lipinski definition) is 0. The van der Waals surface area contributed by atoms with Crippen LogP contribution in [-0.2, 0) is 0 Å². The van der Waals surface area contributed by atoms with E-state index in [1.54, 1.807) is 0 Å². The Bertz CT molecular complexity index is 2790. The van der Waals surface area contributed by atoms with E-state index in [4.69, 9.17) is 9.40 Å². The van der Waals surface area contributed by atoms with Gasteiger partial charge in [-0.2, -0.15) is 0 Å². The zero-order chi connectivity index (χ0) is 34.4. The molecule has 0 saturated carbocycles. The van der Waals surface area contributed by atoms with E-state index >= 15 is 0 Å². The third-order valence-electron chi connectivity index (χ3n) is 10.0. The first-order chi connectivity index (χ1) is 25.8. The van der Waals surface area contributed by atoms with Crippen molar-refractivity contribution in [2.24, 2.45) is 0 Å². The number of hydrogen-bond acceptors (Lipinski definition) is 3. The molecule has 0 aliphatic carbocycles. The van der Waals surface area contributed by atoms with Crippen LogP contribution in [0.1, 0.15) is 0 Å². The van der Waals surface area contributed by atoms with Crippen molar-refractivity contribution in [1.82, 2.24) is 4.98 Å². The predicted octanol–water partition coefficient (Wildman–Crippen LogP) is 13.8. The Hall–Kier alpha value is -6.97. The fourth-order valence-corrected chi connectivity index (χ4v) is 7.58. The lowest BCUT2D eigenvalue weighted by molar-refractivity contribution is 0.669. The van der Waals surface area contributed by atoms with Crippen LogP contribution >= 0.6 is 0 Å². The molecule has 0 amide bonds. The molecule has 0 aliphatic rings. The highest BCUT2D eigenvalue weighted by Gasteiger charge is 2.19. The van der Waals surface area contributed by atoms with Gasteiger partial charge in [0.25, 0.3) is 0 Å². The van der Waals surface area contributed by atoms with Crippen molar-refractivity contribution < 1.29 is 4.42 Å². The molecule has 52 heavy (non-hydrogen) atoms. The van der Waals surface area contributed by atoms with E-state index in [0.717, 1.165) is 66.5 Å². The van der Waals surface area contributed by atoms with Crippen molar-refractivity contribution in [3.05, 3.63) is 194 Å². The van der Waals surface area contributed by atoms with Crippen LogP contribution in [0.5, 0.6) is 0 Å². The van der Waals surface area contributed by atoms with Gasteiger partial charge in [0.15, 0.2) is 0 Å². The van der Waals surface area contributed by atoms with Crippen LogP contribution in [0.25, 0.3) is 77.1 Å². The number of anilines is 3. The minimum Gasteiger partial charge on any atom is -0.456 e. The second kappa shape index (κ2) is 12.4. The summed E-state index contributed by atoms with van der Waals surface area (Å²) in [4.78, 5) is 7.66. The molecule has 0 aliphatic heterocycles. The first-order valence-corrected chi connectivity index (χ1v) is 17.6. The highest BCUT2D eigenvalue weighted by Crippen LogP contribution is 2.43. The van der Waals surface area contributed by atoms with Gasteiger partial charge in [-0.15, -0.1) is 0 Å². The summed E-state index contributed by atoms with van der Waals surface area (Å²) in [6, 6.07) is 68.5. The number of aromatic nitrogens is 1. The fourth-order valence-electron chi connectivity index (χ4n) is 7.58. The van der Waals surface area contributed by atoms with Gasteiger partial charge in [0.05, 0.1) is 11.2 Å². The lowest BCUT2D eigenvalue weighted by Gasteiger charge is -2.26. The molecule has 0 bridgehead atoms. The number of furan rings is 1. The highest BCUT2D eigenvalue weighted by molar-refractivity contribution is 6.28. The van der Waals surface area contributed by atoms with Gasteiger partial charge in [-0.1, -0.05) is 133 Å². The largest absolute Gasteiger partial charge is 0.456 e. The molecule has 0 unspecified atom stereocenters. The number of rotatable bonds is 6. The zero-order valence-corrected chi connectivity index (χ0v) is 28.3. The molecule has 0 fully saturated rings. The van der Waals surface area contributed by atoms with E-state index in [1.807, 2.05) is 12.1 Å². The lowest BCUT2D eigenvalue weighted by atomic mass is 9.96. The molecule has 244 valence electrons. The van der Waals surface area contributed by atoms with E-state index in [-0.39, 0.29) is 0 Å². The van der Waals surface area contributed by atoms with Gasteiger partial charge in [-0.25, -0.2) is 4.98 Å². The fraction of sp³-hybridized carbons (Fsp3) is 0. The molecule has 0 saturated heterocycles. The Labute approximate surface area is 301 Å². The molecule has 2 heterocycles. The van der Waals surface area contributed by atoms with Crippen molar-refractivity contribution in [1.29, 1.82) is 0 Å². The topological polar surface area (TPSA) is 29.3 Å². The molecule has 0 spiro atoms. The summed E-state index contributed by atoms with van der Waals surface area (Å²) in [5, 5.41) is 5.62. The van der Waals surface area contributed by atoms with Crippen LogP contribution < -0.4 is 4.90 Å². The van der Waals surface area contributed by atoms with Gasteiger partial charge >= 0.3 is 0 Å². The number of nitrogens with zero attached hydrogens (tertiary/aromatic N) is 2. The monoisotopic (exact) mass is 664 g/mol. The van der Waals surface area contributed by atoms with Crippen LogP contribution in [0.4, 0.5) is 17.1 Å². The molecular formula is C49H32N2O. The van der Waals surface area contributed by atoms with Crippen LogP contribution in [0, 0.1) is 0 Å². The molecule has 10 rings (SSSR count). The van der Waals surface area contributed by atoms with E-state index < -0.39 is 0 Å². The Morgan fingerprint density at radius 3 is 1.58 bits per heavy atom. The first kappa shape index (κ1) is 29.9. The summed E-state index contributed by atoms with van der Waals surface area (Å²) < 4.78 is 6.35.